The molecule has 0 bridgehead atoms. The molecule has 4 heteroatoms. The smallest absolute Gasteiger partial charge is 0.221 e. The molecule has 1 aliphatic rings. The van der Waals surface area contributed by atoms with Gasteiger partial charge in [0.1, 0.15) is 0 Å². The minimum atomic E-state index is -0.0149. The van der Waals surface area contributed by atoms with E-state index in [0.29, 0.717) is 0 Å². The Morgan fingerprint density at radius 1 is 1.39 bits per heavy atom. The van der Waals surface area contributed by atoms with Crippen molar-refractivity contribution in [2.45, 2.75) is 20.4 Å². The molecule has 2 rings (SSSR count). The molecule has 0 unspecified atom stereocenters. The van der Waals surface area contributed by atoms with Crippen molar-refractivity contribution in [2.24, 2.45) is 0 Å². The van der Waals surface area contributed by atoms with Gasteiger partial charge in [0.15, 0.2) is 0 Å². The van der Waals surface area contributed by atoms with Crippen LogP contribution in [0.4, 0.5) is 5.69 Å². The molecule has 0 aromatic heterocycles. The molecule has 1 heterocycles. The molecule has 0 radical (unpaired) electrons. The number of anilines is 1. The average molecular weight is 264 g/mol. The second-order valence-electron chi connectivity index (χ2n) is 4.72. The molecule has 1 aromatic carbocycles. The topological polar surface area (TPSA) is 32.3 Å². The van der Waals surface area contributed by atoms with Crippen LogP contribution in [0.3, 0.4) is 0 Å². The molecule has 1 N–H and O–H groups in total. The van der Waals surface area contributed by atoms with Crippen LogP contribution in [-0.4, -0.2) is 35.4 Å². The van der Waals surface area contributed by atoms with Gasteiger partial charge in [0.2, 0.25) is 5.91 Å². The molecule has 0 saturated carbocycles. The van der Waals surface area contributed by atoms with Crippen LogP contribution < -0.4 is 5.32 Å². The quantitative estimate of drug-likeness (QED) is 0.910. The lowest BCUT2D eigenvalue weighted by Crippen LogP contribution is -2.31. The molecule has 98 valence electrons. The van der Waals surface area contributed by atoms with Crippen LogP contribution in [0.25, 0.3) is 0 Å². The molecule has 0 atom stereocenters. The Labute approximate surface area is 113 Å². The van der Waals surface area contributed by atoms with Crippen molar-refractivity contribution in [3.05, 3.63) is 29.3 Å². The molecule has 1 saturated heterocycles. The van der Waals surface area contributed by atoms with Gasteiger partial charge in [0.25, 0.3) is 0 Å². The first-order chi connectivity index (χ1) is 8.65. The number of aryl methyl sites for hydroxylation is 1. The largest absolute Gasteiger partial charge is 0.326 e. The maximum atomic E-state index is 11.0. The molecule has 1 fully saturated rings. The Morgan fingerprint density at radius 3 is 2.72 bits per heavy atom. The van der Waals surface area contributed by atoms with Crippen molar-refractivity contribution in [3.63, 3.8) is 0 Å². The Morgan fingerprint density at radius 2 is 2.11 bits per heavy atom. The van der Waals surface area contributed by atoms with Crippen LogP contribution in [0.1, 0.15) is 18.1 Å². The second kappa shape index (κ2) is 6.25. The lowest BCUT2D eigenvalue weighted by atomic mass is 10.1. The maximum absolute atomic E-state index is 11.0. The third-order valence-electron chi connectivity index (χ3n) is 3.11. The summed E-state index contributed by atoms with van der Waals surface area (Å²) in [5, 5.41) is 2.85. The van der Waals surface area contributed by atoms with Crippen molar-refractivity contribution in [2.75, 3.05) is 29.9 Å². The summed E-state index contributed by atoms with van der Waals surface area (Å²) in [5.41, 5.74) is 3.38. The Bertz CT molecular complexity index is 428. The predicted octanol–water partition coefficient (Wildman–Crippen LogP) is 2.50. The summed E-state index contributed by atoms with van der Waals surface area (Å²) in [6, 6.07) is 6.29. The van der Waals surface area contributed by atoms with E-state index < -0.39 is 0 Å². The van der Waals surface area contributed by atoms with E-state index >= 15 is 0 Å². The zero-order valence-electron chi connectivity index (χ0n) is 11.0. The zero-order valence-corrected chi connectivity index (χ0v) is 11.8. The third kappa shape index (κ3) is 3.75. The summed E-state index contributed by atoms with van der Waals surface area (Å²) in [4.78, 5) is 13.5. The number of rotatable bonds is 3. The van der Waals surface area contributed by atoms with Gasteiger partial charge in [-0.15, -0.1) is 0 Å². The fraction of sp³-hybridized carbons (Fsp3) is 0.500. The third-order valence-corrected chi connectivity index (χ3v) is 4.05. The summed E-state index contributed by atoms with van der Waals surface area (Å²) in [5.74, 6) is 2.46. The first-order valence-corrected chi connectivity index (χ1v) is 7.48. The van der Waals surface area contributed by atoms with Crippen molar-refractivity contribution >= 4 is 23.4 Å². The van der Waals surface area contributed by atoms with Gasteiger partial charge >= 0.3 is 0 Å². The normalized spacial score (nSPS) is 16.6. The fourth-order valence-electron chi connectivity index (χ4n) is 2.17. The van der Waals surface area contributed by atoms with Gasteiger partial charge in [-0.1, -0.05) is 12.1 Å². The summed E-state index contributed by atoms with van der Waals surface area (Å²) in [6.07, 6.45) is 0. The monoisotopic (exact) mass is 264 g/mol. The number of nitrogens with one attached hydrogen (secondary N) is 1. The van der Waals surface area contributed by atoms with Crippen LogP contribution in [0.2, 0.25) is 0 Å². The fourth-order valence-corrected chi connectivity index (χ4v) is 3.15. The number of carbonyl (C=O) groups is 1. The highest BCUT2D eigenvalue weighted by Crippen LogP contribution is 2.19. The number of amides is 1. The van der Waals surface area contributed by atoms with Gasteiger partial charge in [-0.25, -0.2) is 0 Å². The molecule has 0 spiro atoms. The summed E-state index contributed by atoms with van der Waals surface area (Å²) in [7, 11) is 0. The Hall–Kier alpha value is -1.00. The highest BCUT2D eigenvalue weighted by Gasteiger charge is 2.11. The number of benzene rings is 1. The second-order valence-corrected chi connectivity index (χ2v) is 5.94. The molecule has 0 aliphatic carbocycles. The van der Waals surface area contributed by atoms with Crippen molar-refractivity contribution in [1.29, 1.82) is 0 Å². The molecule has 3 nitrogen and oxygen atoms in total. The molecule has 1 aliphatic heterocycles. The number of nitrogens with zero attached hydrogens (tertiary/aromatic N) is 1. The van der Waals surface area contributed by atoms with Crippen molar-refractivity contribution in [1.82, 2.24) is 4.90 Å². The van der Waals surface area contributed by atoms with Crippen LogP contribution in [0.15, 0.2) is 18.2 Å². The summed E-state index contributed by atoms with van der Waals surface area (Å²) < 4.78 is 0. The molecule has 1 amide bonds. The van der Waals surface area contributed by atoms with E-state index in [1.807, 2.05) is 24.8 Å². The SMILES string of the molecule is CC(=O)Nc1ccc(CN2CCSCC2)cc1C. The highest BCUT2D eigenvalue weighted by molar-refractivity contribution is 7.99. The molecular weight excluding hydrogens is 244 g/mol. The van der Waals surface area contributed by atoms with Gasteiger partial charge in [-0.3, -0.25) is 9.69 Å². The lowest BCUT2D eigenvalue weighted by Gasteiger charge is -2.26. The number of hydrogen-bond acceptors (Lipinski definition) is 3. The van der Waals surface area contributed by atoms with Gasteiger partial charge in [0.05, 0.1) is 0 Å². The predicted molar refractivity (Wildman–Crippen MR) is 78.1 cm³/mol. The van der Waals surface area contributed by atoms with E-state index in [4.69, 9.17) is 0 Å². The van der Waals surface area contributed by atoms with E-state index in [-0.39, 0.29) is 5.91 Å². The van der Waals surface area contributed by atoms with E-state index in [1.54, 1.807) is 6.92 Å². The lowest BCUT2D eigenvalue weighted by molar-refractivity contribution is -0.114. The number of thioether (sulfide) groups is 1. The summed E-state index contributed by atoms with van der Waals surface area (Å²) >= 11 is 2.03. The maximum Gasteiger partial charge on any atom is 0.221 e. The number of carbonyl (C=O) groups excluding carboxylic acids is 1. The number of hydrogen-bond donors (Lipinski definition) is 1. The Balaban J connectivity index is 2.01. The highest BCUT2D eigenvalue weighted by atomic mass is 32.2. The Kier molecular flexibility index (Phi) is 4.66. The van der Waals surface area contributed by atoms with E-state index in [9.17, 15) is 4.79 Å². The van der Waals surface area contributed by atoms with Gasteiger partial charge in [-0.05, 0) is 24.1 Å². The van der Waals surface area contributed by atoms with E-state index in [1.165, 1.54) is 30.2 Å². The van der Waals surface area contributed by atoms with E-state index in [2.05, 4.69) is 22.3 Å². The molecule has 1 aromatic rings. The summed E-state index contributed by atoms with van der Waals surface area (Å²) in [6.45, 7) is 6.95. The van der Waals surface area contributed by atoms with Crippen LogP contribution in [0, 0.1) is 6.92 Å². The first kappa shape index (κ1) is 13.4. The van der Waals surface area contributed by atoms with Crippen LogP contribution in [0.5, 0.6) is 0 Å². The van der Waals surface area contributed by atoms with Crippen molar-refractivity contribution < 1.29 is 4.79 Å². The first-order valence-electron chi connectivity index (χ1n) is 6.32. The van der Waals surface area contributed by atoms with Crippen molar-refractivity contribution in [3.8, 4) is 0 Å². The standard InChI is InChI=1S/C14H20N2OS/c1-11-9-13(3-4-14(11)15-12(2)17)10-16-5-7-18-8-6-16/h3-4,9H,5-8,10H2,1-2H3,(H,15,17). The van der Waals surface area contributed by atoms with Gasteiger partial charge in [-0.2, -0.15) is 11.8 Å². The minimum Gasteiger partial charge on any atom is -0.326 e. The minimum absolute atomic E-state index is 0.0149. The van der Waals surface area contributed by atoms with Gasteiger partial charge < -0.3 is 5.32 Å². The van der Waals surface area contributed by atoms with Crippen LogP contribution >= 0.6 is 11.8 Å². The van der Waals surface area contributed by atoms with Gasteiger partial charge in [0, 0.05) is 43.8 Å². The van der Waals surface area contributed by atoms with E-state index in [0.717, 1.165) is 17.8 Å². The van der Waals surface area contributed by atoms with Crippen LogP contribution in [-0.2, 0) is 11.3 Å². The molecular formula is C14H20N2OS. The average Bonchev–Trinajstić information content (AvgIpc) is 2.33. The zero-order chi connectivity index (χ0) is 13.0. The molecule has 18 heavy (non-hydrogen) atoms.